The van der Waals surface area contributed by atoms with Gasteiger partial charge in [0.15, 0.2) is 11.6 Å². The SMILES string of the molecule is COc1ccc(C=Nn2c(SC)nnc2C(F)F)cc1COc1ccc(F)cc1F. The van der Waals surface area contributed by atoms with Crippen molar-refractivity contribution < 1.29 is 27.0 Å². The third kappa shape index (κ3) is 4.90. The normalized spacial score (nSPS) is 11.4. The van der Waals surface area contributed by atoms with E-state index in [4.69, 9.17) is 9.47 Å². The lowest BCUT2D eigenvalue weighted by molar-refractivity contribution is 0.135. The third-order valence-corrected chi connectivity index (χ3v) is 4.54. The molecule has 1 aromatic heterocycles. The quantitative estimate of drug-likeness (QED) is 0.289. The molecule has 0 fully saturated rings. The summed E-state index contributed by atoms with van der Waals surface area (Å²) >= 11 is 1.13. The topological polar surface area (TPSA) is 61.5 Å². The number of halogens is 4. The molecule has 3 aromatic rings. The third-order valence-electron chi connectivity index (χ3n) is 3.92. The summed E-state index contributed by atoms with van der Waals surface area (Å²) in [6.07, 6.45) is 0.194. The van der Waals surface area contributed by atoms with Crippen LogP contribution in [0.1, 0.15) is 23.4 Å². The van der Waals surface area contributed by atoms with E-state index >= 15 is 0 Å². The van der Waals surface area contributed by atoms with Crippen molar-refractivity contribution in [3.63, 3.8) is 0 Å². The van der Waals surface area contributed by atoms with Crippen LogP contribution in [0.4, 0.5) is 17.6 Å². The van der Waals surface area contributed by atoms with E-state index in [1.165, 1.54) is 19.4 Å². The van der Waals surface area contributed by atoms with Crippen molar-refractivity contribution in [2.24, 2.45) is 5.10 Å². The average Bonchev–Trinajstić information content (AvgIpc) is 3.15. The molecule has 0 saturated carbocycles. The van der Waals surface area contributed by atoms with Crippen LogP contribution in [0.15, 0.2) is 46.7 Å². The Labute approximate surface area is 173 Å². The fourth-order valence-corrected chi connectivity index (χ4v) is 2.95. The van der Waals surface area contributed by atoms with Gasteiger partial charge in [0.05, 0.1) is 13.3 Å². The number of methoxy groups -OCH3 is 1. The van der Waals surface area contributed by atoms with Crippen molar-refractivity contribution in [1.82, 2.24) is 14.9 Å². The van der Waals surface area contributed by atoms with E-state index in [0.717, 1.165) is 28.6 Å². The van der Waals surface area contributed by atoms with Crippen LogP contribution in [0.25, 0.3) is 0 Å². The summed E-state index contributed by atoms with van der Waals surface area (Å²) in [5.41, 5.74) is 1.10. The molecule has 0 saturated heterocycles. The molecule has 0 spiro atoms. The molecule has 0 aliphatic carbocycles. The van der Waals surface area contributed by atoms with E-state index < -0.39 is 23.9 Å². The summed E-state index contributed by atoms with van der Waals surface area (Å²) in [7, 11) is 1.46. The molecule has 0 unspecified atom stereocenters. The fourth-order valence-electron chi connectivity index (χ4n) is 2.51. The molecule has 0 aliphatic heterocycles. The maximum absolute atomic E-state index is 13.8. The van der Waals surface area contributed by atoms with Gasteiger partial charge in [0.1, 0.15) is 18.2 Å². The number of rotatable bonds is 8. The van der Waals surface area contributed by atoms with Crippen LogP contribution in [-0.2, 0) is 6.61 Å². The minimum atomic E-state index is -2.83. The lowest BCUT2D eigenvalue weighted by Crippen LogP contribution is -2.03. The van der Waals surface area contributed by atoms with Crippen molar-refractivity contribution in [2.75, 3.05) is 13.4 Å². The number of alkyl halides is 2. The predicted molar refractivity (Wildman–Crippen MR) is 103 cm³/mol. The van der Waals surface area contributed by atoms with Crippen molar-refractivity contribution >= 4 is 18.0 Å². The lowest BCUT2D eigenvalue weighted by atomic mass is 10.1. The molecule has 1 heterocycles. The van der Waals surface area contributed by atoms with Crippen LogP contribution in [0, 0.1) is 11.6 Å². The molecule has 6 nitrogen and oxygen atoms in total. The highest BCUT2D eigenvalue weighted by Gasteiger charge is 2.19. The van der Waals surface area contributed by atoms with Crippen LogP contribution < -0.4 is 9.47 Å². The number of benzene rings is 2. The second-order valence-electron chi connectivity index (χ2n) is 5.84. The zero-order valence-corrected chi connectivity index (χ0v) is 16.7. The maximum atomic E-state index is 13.8. The minimum absolute atomic E-state index is 0.0710. The Balaban J connectivity index is 1.84. The van der Waals surface area contributed by atoms with Gasteiger partial charge in [0.2, 0.25) is 11.0 Å². The van der Waals surface area contributed by atoms with E-state index in [2.05, 4.69) is 15.3 Å². The number of hydrogen-bond acceptors (Lipinski definition) is 6. The predicted octanol–water partition coefficient (Wildman–Crippen LogP) is 4.69. The number of thioether (sulfide) groups is 1. The molecular weight excluding hydrogens is 424 g/mol. The first-order chi connectivity index (χ1) is 14.4. The Bertz CT molecular complexity index is 1060. The Morgan fingerprint density at radius 2 is 1.90 bits per heavy atom. The second-order valence-corrected chi connectivity index (χ2v) is 6.61. The zero-order chi connectivity index (χ0) is 21.7. The van der Waals surface area contributed by atoms with Crippen LogP contribution in [0.2, 0.25) is 0 Å². The highest BCUT2D eigenvalue weighted by Crippen LogP contribution is 2.25. The van der Waals surface area contributed by atoms with Crippen LogP contribution in [-0.4, -0.2) is 34.5 Å². The van der Waals surface area contributed by atoms with E-state index in [1.807, 2.05) is 0 Å². The Kier molecular flexibility index (Phi) is 6.93. The second kappa shape index (κ2) is 9.61. The Morgan fingerprint density at radius 1 is 1.13 bits per heavy atom. The van der Waals surface area contributed by atoms with Crippen molar-refractivity contribution in [3.8, 4) is 11.5 Å². The first kappa shape index (κ1) is 21.6. The monoisotopic (exact) mass is 440 g/mol. The average molecular weight is 440 g/mol. The Hall–Kier alpha value is -3.08. The summed E-state index contributed by atoms with van der Waals surface area (Å²) in [4.78, 5) is 0. The molecule has 0 atom stereocenters. The molecule has 0 N–H and O–H groups in total. The van der Waals surface area contributed by atoms with Gasteiger partial charge >= 0.3 is 0 Å². The van der Waals surface area contributed by atoms with Crippen molar-refractivity contribution in [2.45, 2.75) is 18.2 Å². The number of nitrogens with zero attached hydrogens (tertiary/aromatic N) is 4. The van der Waals surface area contributed by atoms with Crippen LogP contribution in [0.5, 0.6) is 11.5 Å². The van der Waals surface area contributed by atoms with E-state index in [9.17, 15) is 17.6 Å². The highest BCUT2D eigenvalue weighted by atomic mass is 32.2. The van der Waals surface area contributed by atoms with Crippen molar-refractivity contribution in [1.29, 1.82) is 0 Å². The van der Waals surface area contributed by atoms with Gasteiger partial charge in [0, 0.05) is 11.6 Å². The van der Waals surface area contributed by atoms with Crippen LogP contribution >= 0.6 is 11.8 Å². The first-order valence-electron chi connectivity index (χ1n) is 8.49. The molecule has 11 heteroatoms. The molecule has 2 aromatic carbocycles. The van der Waals surface area contributed by atoms with Crippen LogP contribution in [0.3, 0.4) is 0 Å². The molecule has 30 heavy (non-hydrogen) atoms. The molecule has 0 amide bonds. The molecule has 158 valence electrons. The summed E-state index contributed by atoms with van der Waals surface area (Å²) in [5, 5.41) is 11.4. The number of hydrogen-bond donors (Lipinski definition) is 0. The number of aromatic nitrogens is 3. The van der Waals surface area contributed by atoms with Gasteiger partial charge in [-0.2, -0.15) is 9.78 Å². The van der Waals surface area contributed by atoms with Gasteiger partial charge in [-0.05, 0) is 42.2 Å². The molecule has 0 bridgehead atoms. The maximum Gasteiger partial charge on any atom is 0.299 e. The van der Waals surface area contributed by atoms with Crippen molar-refractivity contribution in [3.05, 3.63) is 65.0 Å². The summed E-state index contributed by atoms with van der Waals surface area (Å²) in [6.45, 7) is -0.0710. The van der Waals surface area contributed by atoms with Gasteiger partial charge in [-0.15, -0.1) is 10.2 Å². The fraction of sp³-hybridized carbons (Fsp3) is 0.211. The van der Waals surface area contributed by atoms with E-state index in [-0.39, 0.29) is 17.5 Å². The zero-order valence-electron chi connectivity index (χ0n) is 15.9. The smallest absolute Gasteiger partial charge is 0.299 e. The molecule has 3 rings (SSSR count). The number of ether oxygens (including phenoxy) is 2. The summed E-state index contributed by atoms with van der Waals surface area (Å²) in [6, 6.07) is 7.94. The Morgan fingerprint density at radius 3 is 2.57 bits per heavy atom. The van der Waals surface area contributed by atoms with E-state index in [1.54, 1.807) is 24.5 Å². The summed E-state index contributed by atoms with van der Waals surface area (Å²) < 4.78 is 64.6. The van der Waals surface area contributed by atoms with E-state index in [0.29, 0.717) is 16.9 Å². The largest absolute Gasteiger partial charge is 0.496 e. The summed E-state index contributed by atoms with van der Waals surface area (Å²) in [5.74, 6) is -1.76. The first-order valence-corrected chi connectivity index (χ1v) is 9.72. The van der Waals surface area contributed by atoms with Gasteiger partial charge < -0.3 is 9.47 Å². The lowest BCUT2D eigenvalue weighted by Gasteiger charge is -2.12. The molecule has 0 radical (unpaired) electrons. The van der Waals surface area contributed by atoms with Gasteiger partial charge in [-0.1, -0.05) is 11.8 Å². The van der Waals surface area contributed by atoms with Gasteiger partial charge in [-0.25, -0.2) is 17.6 Å². The molecular formula is C19H16F4N4O2S. The highest BCUT2D eigenvalue weighted by molar-refractivity contribution is 7.98. The van der Waals surface area contributed by atoms with Gasteiger partial charge in [-0.3, -0.25) is 0 Å². The van der Waals surface area contributed by atoms with Gasteiger partial charge in [0.25, 0.3) is 6.43 Å². The molecule has 0 aliphatic rings. The standard InChI is InChI=1S/C19H16F4N4O2S/c1-28-15-5-3-11(9-24-27-18(17(22)23)25-26-19(27)30-2)7-12(15)10-29-16-6-4-13(20)8-14(16)21/h3-9,17H,10H2,1-2H3. The minimum Gasteiger partial charge on any atom is -0.496 e.